The normalized spacial score (nSPS) is 8.98. The van der Waals surface area contributed by atoms with Gasteiger partial charge in [0.05, 0.1) is 0 Å². The van der Waals surface area contributed by atoms with Crippen LogP contribution in [0.5, 0.6) is 0 Å². The highest BCUT2D eigenvalue weighted by Gasteiger charge is 2.01. The summed E-state index contributed by atoms with van der Waals surface area (Å²) in [4.78, 5) is 60.2. The van der Waals surface area contributed by atoms with Gasteiger partial charge in [-0.3, -0.25) is 19.2 Å². The third-order valence-electron chi connectivity index (χ3n) is 4.51. The second-order valence-corrected chi connectivity index (χ2v) is 8.00. The number of allylic oxidation sites excluding steroid dienone is 1. The first kappa shape index (κ1) is 37.9. The number of aldehydes is 1. The zero-order valence-electron chi connectivity index (χ0n) is 23.7. The van der Waals surface area contributed by atoms with E-state index in [1.807, 2.05) is 78.9 Å². The molecule has 3 aromatic carbocycles. The molecule has 0 aliphatic rings. The van der Waals surface area contributed by atoms with Crippen LogP contribution in [0.1, 0.15) is 50.0 Å². The van der Waals surface area contributed by atoms with E-state index in [-0.39, 0.29) is 22.9 Å². The highest BCUT2D eigenvalue weighted by atomic mass is 16.4. The molecule has 0 radical (unpaired) electrons. The van der Waals surface area contributed by atoms with Gasteiger partial charge in [-0.05, 0) is 36.3 Å². The summed E-state index contributed by atoms with van der Waals surface area (Å²) < 4.78 is 0. The summed E-state index contributed by atoms with van der Waals surface area (Å²) in [7, 11) is 0. The highest BCUT2D eigenvalue weighted by Crippen LogP contribution is 2.16. The lowest BCUT2D eigenvalue weighted by atomic mass is 10.1. The van der Waals surface area contributed by atoms with Crippen LogP contribution >= 0.6 is 0 Å². The average molecular weight is 561 g/mol. The van der Waals surface area contributed by atoms with E-state index in [1.165, 1.54) is 13.8 Å². The van der Waals surface area contributed by atoms with Gasteiger partial charge in [0.15, 0.2) is 23.6 Å². The largest absolute Gasteiger partial charge is 0.478 e. The quantitative estimate of drug-likeness (QED) is 0.192. The lowest BCUT2D eigenvalue weighted by Crippen LogP contribution is -2.06. The number of carbonyl (C=O) groups excluding carboxylic acids is 4. The van der Waals surface area contributed by atoms with Crippen LogP contribution in [0.3, 0.4) is 0 Å². The van der Waals surface area contributed by atoms with E-state index >= 15 is 0 Å². The van der Waals surface area contributed by atoms with Crippen molar-refractivity contribution in [1.82, 2.24) is 0 Å². The molecular formula is C33H36O8. The molecule has 0 heterocycles. The Labute approximate surface area is 240 Å². The molecule has 0 atom stereocenters. The van der Waals surface area contributed by atoms with Crippen LogP contribution in [0, 0.1) is 0 Å². The summed E-state index contributed by atoms with van der Waals surface area (Å²) in [5.41, 5.74) is 1.99. The molecule has 0 saturated heterocycles. The maximum absolute atomic E-state index is 10.6. The van der Waals surface area contributed by atoms with Crippen molar-refractivity contribution in [2.24, 2.45) is 0 Å². The number of hydrogen-bond donors (Lipinski definition) is 2. The number of carboxylic acids is 2. The fraction of sp³-hybridized carbons (Fsp3) is 0.152. The second kappa shape index (κ2) is 22.7. The smallest absolute Gasteiger partial charge is 0.330 e. The molecule has 0 bridgehead atoms. The first-order valence-electron chi connectivity index (χ1n) is 12.2. The number of aliphatic carboxylic acids is 2. The monoisotopic (exact) mass is 560 g/mol. The van der Waals surface area contributed by atoms with Gasteiger partial charge in [-0.1, -0.05) is 99.0 Å². The summed E-state index contributed by atoms with van der Waals surface area (Å²) in [5.74, 6) is -2.48. The maximum Gasteiger partial charge on any atom is 0.330 e. The van der Waals surface area contributed by atoms with Crippen molar-refractivity contribution in [2.45, 2.75) is 34.1 Å². The first-order valence-corrected chi connectivity index (χ1v) is 12.2. The molecular weight excluding hydrogens is 524 g/mol. The number of hydrogen-bond acceptors (Lipinski definition) is 6. The van der Waals surface area contributed by atoms with Crippen molar-refractivity contribution in [1.29, 1.82) is 0 Å². The van der Waals surface area contributed by atoms with E-state index in [0.717, 1.165) is 34.3 Å². The Morgan fingerprint density at radius 1 is 0.805 bits per heavy atom. The lowest BCUT2D eigenvalue weighted by molar-refractivity contribution is -0.135. The summed E-state index contributed by atoms with van der Waals surface area (Å²) in [6.07, 6.45) is 5.43. The molecule has 3 rings (SSSR count). The minimum atomic E-state index is -0.981. The molecule has 0 fully saturated rings. The average Bonchev–Trinajstić information content (AvgIpc) is 2.97. The summed E-state index contributed by atoms with van der Waals surface area (Å²) in [5, 5.41) is 17.6. The molecule has 0 saturated carbocycles. The Bertz CT molecular complexity index is 1330. The van der Waals surface area contributed by atoms with E-state index in [4.69, 9.17) is 10.2 Å². The molecule has 2 N–H and O–H groups in total. The Kier molecular flexibility index (Phi) is 21.0. The second-order valence-electron chi connectivity index (χ2n) is 8.00. The van der Waals surface area contributed by atoms with Gasteiger partial charge in [0.1, 0.15) is 0 Å². The number of fused-ring (bicyclic) bond motifs is 1. The number of ketones is 3. The summed E-state index contributed by atoms with van der Waals surface area (Å²) >= 11 is 0. The van der Waals surface area contributed by atoms with Crippen molar-refractivity contribution in [3.8, 4) is 0 Å². The lowest BCUT2D eigenvalue weighted by Gasteiger charge is -1.98. The zero-order chi connectivity index (χ0) is 31.8. The van der Waals surface area contributed by atoms with Gasteiger partial charge in [0, 0.05) is 30.6 Å². The van der Waals surface area contributed by atoms with E-state index in [0.29, 0.717) is 6.42 Å². The van der Waals surface area contributed by atoms with Gasteiger partial charge in [0.2, 0.25) is 0 Å². The Morgan fingerprint density at radius 3 is 1.68 bits per heavy atom. The van der Waals surface area contributed by atoms with E-state index < -0.39 is 11.9 Å². The minimum absolute atomic E-state index is 0.0776. The minimum Gasteiger partial charge on any atom is -0.478 e. The molecule has 41 heavy (non-hydrogen) atoms. The van der Waals surface area contributed by atoms with Gasteiger partial charge < -0.3 is 10.2 Å². The van der Waals surface area contributed by atoms with Gasteiger partial charge >= 0.3 is 11.9 Å². The molecule has 216 valence electrons. The standard InChI is InChI=1S/C11H8O.C10H10O.C5H8O2.C4H6O2.C3H4O2/c12-8-10-6-3-5-9-4-1-2-7-11(9)10;1-9(11)7-8-10-5-3-2-4-6-10;1-3-5(7)4(2)6;1-3(2)4(5)6;1-2-3(4)5/h1-8H;2-8H,1H3;3H2,1-2H3;1H2,2H3,(H,5,6);2H,1H2,(H,4,5). The molecule has 0 spiro atoms. The van der Waals surface area contributed by atoms with Crippen molar-refractivity contribution < 1.29 is 39.0 Å². The van der Waals surface area contributed by atoms with Gasteiger partial charge in [-0.15, -0.1) is 0 Å². The topological polar surface area (TPSA) is 143 Å². The molecule has 0 aliphatic carbocycles. The van der Waals surface area contributed by atoms with Crippen LogP contribution in [0.15, 0.2) is 104 Å². The number of rotatable bonds is 7. The van der Waals surface area contributed by atoms with Crippen LogP contribution in [0.25, 0.3) is 16.8 Å². The van der Waals surface area contributed by atoms with Crippen molar-refractivity contribution in [3.05, 3.63) is 115 Å². The van der Waals surface area contributed by atoms with Gasteiger partial charge in [0.25, 0.3) is 0 Å². The number of carboxylic acid groups (broad SMARTS) is 2. The molecule has 8 nitrogen and oxygen atoms in total. The third kappa shape index (κ3) is 20.4. The predicted molar refractivity (Wildman–Crippen MR) is 162 cm³/mol. The molecule has 0 aliphatic heterocycles. The summed E-state index contributed by atoms with van der Waals surface area (Å²) in [6, 6.07) is 23.3. The number of benzene rings is 3. The van der Waals surface area contributed by atoms with E-state index in [1.54, 1.807) is 19.9 Å². The number of Topliss-reactive ketones (excluding diaryl/α,β-unsaturated/α-hetero) is 2. The Hall–Kier alpha value is -5.24. The molecule has 0 aromatic heterocycles. The van der Waals surface area contributed by atoms with Gasteiger partial charge in [-0.25, -0.2) is 9.59 Å². The number of carbonyl (C=O) groups is 6. The van der Waals surface area contributed by atoms with Gasteiger partial charge in [-0.2, -0.15) is 0 Å². The molecule has 3 aromatic rings. The third-order valence-corrected chi connectivity index (χ3v) is 4.51. The fourth-order valence-corrected chi connectivity index (χ4v) is 2.38. The highest BCUT2D eigenvalue weighted by molar-refractivity contribution is 6.36. The Morgan fingerprint density at radius 2 is 1.29 bits per heavy atom. The van der Waals surface area contributed by atoms with Crippen LogP contribution in [0.4, 0.5) is 0 Å². The van der Waals surface area contributed by atoms with E-state index in [9.17, 15) is 28.8 Å². The fourth-order valence-electron chi connectivity index (χ4n) is 2.38. The van der Waals surface area contributed by atoms with Crippen LogP contribution in [-0.4, -0.2) is 45.8 Å². The predicted octanol–water partition coefficient (Wildman–Crippen LogP) is 6.40. The molecule has 0 amide bonds. The van der Waals surface area contributed by atoms with Crippen molar-refractivity contribution >= 4 is 52.4 Å². The Balaban J connectivity index is 0. The molecule has 8 heteroatoms. The van der Waals surface area contributed by atoms with Crippen LogP contribution in [0.2, 0.25) is 0 Å². The first-order chi connectivity index (χ1) is 19.3. The van der Waals surface area contributed by atoms with Crippen LogP contribution < -0.4 is 0 Å². The SMILES string of the molecule is C=C(C)C(=O)O.C=CC(=O)O.CC(=O)C=Cc1ccccc1.CCC(=O)C(C)=O.O=Cc1cccc2ccccc12. The van der Waals surface area contributed by atoms with Crippen molar-refractivity contribution in [2.75, 3.05) is 0 Å². The zero-order valence-corrected chi connectivity index (χ0v) is 23.7. The summed E-state index contributed by atoms with van der Waals surface area (Å²) in [6.45, 7) is 12.1. The van der Waals surface area contributed by atoms with E-state index in [2.05, 4.69) is 13.2 Å². The van der Waals surface area contributed by atoms with Crippen LogP contribution in [-0.2, 0) is 24.0 Å². The van der Waals surface area contributed by atoms with Crippen molar-refractivity contribution in [3.63, 3.8) is 0 Å². The molecule has 0 unspecified atom stereocenters. The maximum atomic E-state index is 10.6.